The maximum atomic E-state index is 9.06. The van der Waals surface area contributed by atoms with Gasteiger partial charge in [-0.15, -0.1) is 0 Å². The molecule has 0 amide bonds. The zero-order valence-electron chi connectivity index (χ0n) is 11.0. The molecule has 0 aliphatic rings. The Kier molecular flexibility index (Phi) is 2.83. The summed E-state index contributed by atoms with van der Waals surface area (Å²) in [4.78, 5) is 11.9. The predicted octanol–water partition coefficient (Wildman–Crippen LogP) is 1.81. The van der Waals surface area contributed by atoms with Gasteiger partial charge in [0.15, 0.2) is 0 Å². The van der Waals surface area contributed by atoms with Crippen LogP contribution < -0.4 is 0 Å². The number of H-pyrrole nitrogens is 1. The van der Waals surface area contributed by atoms with E-state index in [9.17, 15) is 0 Å². The Labute approximate surface area is 110 Å². The fraction of sp³-hybridized carbons (Fsp3) is 0.286. The number of fused-ring (bicyclic) bond motifs is 1. The molecular formula is C14H16N4O. The van der Waals surface area contributed by atoms with Crippen LogP contribution in [0.1, 0.15) is 11.5 Å². The first-order chi connectivity index (χ1) is 9.20. The quantitative estimate of drug-likeness (QED) is 0.751. The Morgan fingerprint density at radius 1 is 1.37 bits per heavy atom. The van der Waals surface area contributed by atoms with Gasteiger partial charge in [0.1, 0.15) is 5.82 Å². The Balaban J connectivity index is 2.14. The van der Waals surface area contributed by atoms with Gasteiger partial charge in [-0.05, 0) is 19.1 Å². The second-order valence-electron chi connectivity index (χ2n) is 4.63. The molecule has 3 rings (SSSR count). The molecular weight excluding hydrogens is 240 g/mol. The molecule has 0 aliphatic heterocycles. The number of aliphatic hydroxyl groups is 1. The van der Waals surface area contributed by atoms with Gasteiger partial charge < -0.3 is 14.7 Å². The molecule has 98 valence electrons. The second kappa shape index (κ2) is 4.51. The molecule has 0 spiro atoms. The van der Waals surface area contributed by atoms with Crippen molar-refractivity contribution in [2.75, 3.05) is 6.61 Å². The third-order valence-electron chi connectivity index (χ3n) is 3.39. The van der Waals surface area contributed by atoms with Crippen molar-refractivity contribution in [1.29, 1.82) is 0 Å². The molecule has 0 aliphatic carbocycles. The van der Waals surface area contributed by atoms with E-state index in [1.807, 2.05) is 24.6 Å². The van der Waals surface area contributed by atoms with Crippen molar-refractivity contribution in [3.63, 3.8) is 0 Å². The number of rotatable bonds is 3. The lowest BCUT2D eigenvalue weighted by Crippen LogP contribution is -2.02. The summed E-state index contributed by atoms with van der Waals surface area (Å²) in [6.07, 6.45) is 2.27. The number of aliphatic hydroxyl groups excluding tert-OH is 1. The van der Waals surface area contributed by atoms with Crippen molar-refractivity contribution < 1.29 is 5.11 Å². The summed E-state index contributed by atoms with van der Waals surface area (Å²) in [6.45, 7) is 2.11. The van der Waals surface area contributed by atoms with E-state index in [4.69, 9.17) is 5.11 Å². The van der Waals surface area contributed by atoms with E-state index in [2.05, 4.69) is 27.1 Å². The first kappa shape index (κ1) is 11.9. The van der Waals surface area contributed by atoms with Crippen molar-refractivity contribution in [2.24, 2.45) is 7.05 Å². The van der Waals surface area contributed by atoms with Crippen LogP contribution in [0, 0.1) is 6.92 Å². The van der Waals surface area contributed by atoms with Crippen LogP contribution in [0.4, 0.5) is 0 Å². The summed E-state index contributed by atoms with van der Waals surface area (Å²) in [5.41, 5.74) is 5.14. The normalized spacial score (nSPS) is 11.3. The Bertz CT molecular complexity index is 726. The van der Waals surface area contributed by atoms with Crippen LogP contribution in [-0.4, -0.2) is 31.2 Å². The number of aromatic nitrogens is 4. The molecule has 0 bridgehead atoms. The highest BCUT2D eigenvalue weighted by atomic mass is 16.3. The van der Waals surface area contributed by atoms with Crippen LogP contribution >= 0.6 is 0 Å². The topological polar surface area (TPSA) is 66.7 Å². The molecule has 2 heterocycles. The summed E-state index contributed by atoms with van der Waals surface area (Å²) in [5, 5.41) is 9.06. The smallest absolute Gasteiger partial charge is 0.111 e. The van der Waals surface area contributed by atoms with E-state index in [1.165, 1.54) is 0 Å². The van der Waals surface area contributed by atoms with Gasteiger partial charge in [-0.3, -0.25) is 0 Å². The summed E-state index contributed by atoms with van der Waals surface area (Å²) in [6, 6.07) is 6.13. The number of nitrogens with zero attached hydrogens (tertiary/aromatic N) is 3. The third-order valence-corrected chi connectivity index (χ3v) is 3.39. The van der Waals surface area contributed by atoms with Gasteiger partial charge in [0.25, 0.3) is 0 Å². The molecule has 5 nitrogen and oxygen atoms in total. The fourth-order valence-corrected chi connectivity index (χ4v) is 2.50. The van der Waals surface area contributed by atoms with Crippen LogP contribution in [0.2, 0.25) is 0 Å². The maximum Gasteiger partial charge on any atom is 0.111 e. The van der Waals surface area contributed by atoms with Crippen LogP contribution in [0.3, 0.4) is 0 Å². The molecule has 0 unspecified atom stereocenters. The lowest BCUT2D eigenvalue weighted by Gasteiger charge is -2.06. The SMILES string of the molecule is Cc1nc(CCO)n(C)c1-c1ccc2nc[nH]c2c1. The van der Waals surface area contributed by atoms with Gasteiger partial charge in [0, 0.05) is 19.0 Å². The lowest BCUT2D eigenvalue weighted by molar-refractivity contribution is 0.295. The molecule has 5 heteroatoms. The van der Waals surface area contributed by atoms with Gasteiger partial charge in [-0.2, -0.15) is 0 Å². The van der Waals surface area contributed by atoms with Gasteiger partial charge in [-0.1, -0.05) is 6.07 Å². The molecule has 0 atom stereocenters. The number of imidazole rings is 2. The summed E-state index contributed by atoms with van der Waals surface area (Å²) < 4.78 is 2.04. The monoisotopic (exact) mass is 256 g/mol. The molecule has 0 saturated carbocycles. The van der Waals surface area contributed by atoms with Crippen LogP contribution in [0.15, 0.2) is 24.5 Å². The highest BCUT2D eigenvalue weighted by molar-refractivity contribution is 5.81. The number of nitrogens with one attached hydrogen (secondary N) is 1. The average Bonchev–Trinajstić information content (AvgIpc) is 2.95. The van der Waals surface area contributed by atoms with E-state index < -0.39 is 0 Å². The molecule has 19 heavy (non-hydrogen) atoms. The fourth-order valence-electron chi connectivity index (χ4n) is 2.50. The number of aryl methyl sites for hydroxylation is 1. The highest BCUT2D eigenvalue weighted by Crippen LogP contribution is 2.26. The van der Waals surface area contributed by atoms with Crippen molar-refractivity contribution >= 4 is 11.0 Å². The lowest BCUT2D eigenvalue weighted by atomic mass is 10.1. The average molecular weight is 256 g/mol. The Hall–Kier alpha value is -2.14. The Morgan fingerprint density at radius 2 is 2.21 bits per heavy atom. The zero-order valence-corrected chi connectivity index (χ0v) is 11.0. The van der Waals surface area contributed by atoms with E-state index in [1.54, 1.807) is 6.33 Å². The van der Waals surface area contributed by atoms with E-state index in [0.717, 1.165) is 33.8 Å². The number of aromatic amines is 1. The largest absolute Gasteiger partial charge is 0.396 e. The minimum Gasteiger partial charge on any atom is -0.396 e. The van der Waals surface area contributed by atoms with Crippen LogP contribution in [-0.2, 0) is 13.5 Å². The maximum absolute atomic E-state index is 9.06. The molecule has 2 N–H and O–H groups in total. The van der Waals surface area contributed by atoms with Crippen molar-refractivity contribution in [1.82, 2.24) is 19.5 Å². The second-order valence-corrected chi connectivity index (χ2v) is 4.63. The molecule has 0 radical (unpaired) electrons. The van der Waals surface area contributed by atoms with E-state index in [-0.39, 0.29) is 6.61 Å². The van der Waals surface area contributed by atoms with Gasteiger partial charge in [-0.25, -0.2) is 9.97 Å². The Morgan fingerprint density at radius 3 is 3.00 bits per heavy atom. The van der Waals surface area contributed by atoms with Crippen molar-refractivity contribution in [2.45, 2.75) is 13.3 Å². The first-order valence-electron chi connectivity index (χ1n) is 6.27. The standard InChI is InChI=1S/C14H16N4O/c1-9-14(18(2)13(17-9)5-6-19)10-3-4-11-12(7-10)16-8-15-11/h3-4,7-8,19H,5-6H2,1-2H3,(H,15,16). The summed E-state index contributed by atoms with van der Waals surface area (Å²) >= 11 is 0. The molecule has 3 aromatic rings. The van der Waals surface area contributed by atoms with Gasteiger partial charge in [0.05, 0.1) is 35.4 Å². The molecule has 0 fully saturated rings. The van der Waals surface area contributed by atoms with Gasteiger partial charge >= 0.3 is 0 Å². The third kappa shape index (κ3) is 1.92. The van der Waals surface area contributed by atoms with Crippen LogP contribution in [0.25, 0.3) is 22.3 Å². The number of benzene rings is 1. The number of hydrogen-bond acceptors (Lipinski definition) is 3. The van der Waals surface area contributed by atoms with E-state index >= 15 is 0 Å². The minimum atomic E-state index is 0.114. The summed E-state index contributed by atoms with van der Waals surface area (Å²) in [5.74, 6) is 0.903. The summed E-state index contributed by atoms with van der Waals surface area (Å²) in [7, 11) is 1.98. The van der Waals surface area contributed by atoms with Crippen molar-refractivity contribution in [3.05, 3.63) is 36.0 Å². The molecule has 0 saturated heterocycles. The molecule has 2 aromatic heterocycles. The van der Waals surface area contributed by atoms with E-state index in [0.29, 0.717) is 6.42 Å². The number of hydrogen-bond donors (Lipinski definition) is 2. The van der Waals surface area contributed by atoms with Gasteiger partial charge in [0.2, 0.25) is 0 Å². The first-order valence-corrected chi connectivity index (χ1v) is 6.27. The molecule has 1 aromatic carbocycles. The van der Waals surface area contributed by atoms with Crippen LogP contribution in [0.5, 0.6) is 0 Å². The highest BCUT2D eigenvalue weighted by Gasteiger charge is 2.13. The predicted molar refractivity (Wildman–Crippen MR) is 73.8 cm³/mol. The minimum absolute atomic E-state index is 0.114. The van der Waals surface area contributed by atoms with Crippen molar-refractivity contribution in [3.8, 4) is 11.3 Å². The zero-order chi connectivity index (χ0) is 13.4.